The molecule has 0 bridgehead atoms. The van der Waals surface area contributed by atoms with E-state index >= 15 is 0 Å². The van der Waals surface area contributed by atoms with Gasteiger partial charge in [-0.05, 0) is 6.07 Å². The number of fused-ring (bicyclic) bond motifs is 1. The number of nitrogens with two attached hydrogens (primary N) is 1. The highest BCUT2D eigenvalue weighted by Crippen LogP contribution is 2.12. The number of hydrogen-bond acceptors (Lipinski definition) is 4. The molecular formula is C7H7N3O. The van der Waals surface area contributed by atoms with E-state index in [1.54, 1.807) is 18.5 Å². The maximum atomic E-state index is 5.34. The fourth-order valence-corrected chi connectivity index (χ4v) is 0.915. The van der Waals surface area contributed by atoms with Crippen molar-refractivity contribution in [1.29, 1.82) is 0 Å². The van der Waals surface area contributed by atoms with Crippen LogP contribution in [0.15, 0.2) is 22.9 Å². The van der Waals surface area contributed by atoms with Gasteiger partial charge in [0.25, 0.3) is 0 Å². The molecule has 0 aliphatic carbocycles. The summed E-state index contributed by atoms with van der Waals surface area (Å²) in [6, 6.07) is 1.79. The fourth-order valence-electron chi connectivity index (χ4n) is 0.915. The van der Waals surface area contributed by atoms with Crippen molar-refractivity contribution in [2.75, 3.05) is 0 Å². The van der Waals surface area contributed by atoms with Crippen molar-refractivity contribution in [3.05, 3.63) is 24.4 Å². The topological polar surface area (TPSA) is 64.9 Å². The minimum atomic E-state index is 0.328. The predicted molar refractivity (Wildman–Crippen MR) is 39.7 cm³/mol. The van der Waals surface area contributed by atoms with Crippen molar-refractivity contribution in [2.24, 2.45) is 5.73 Å². The van der Waals surface area contributed by atoms with E-state index < -0.39 is 0 Å². The third-order valence-corrected chi connectivity index (χ3v) is 1.41. The molecule has 2 rings (SSSR count). The molecule has 0 radical (unpaired) electrons. The summed E-state index contributed by atoms with van der Waals surface area (Å²) in [5.41, 5.74) is 6.83. The second-order valence-corrected chi connectivity index (χ2v) is 2.16. The van der Waals surface area contributed by atoms with Gasteiger partial charge >= 0.3 is 0 Å². The molecule has 4 heteroatoms. The second kappa shape index (κ2) is 2.32. The SMILES string of the molecule is NCc1nc2ccncc2o1. The van der Waals surface area contributed by atoms with Crippen LogP contribution in [0.2, 0.25) is 0 Å². The summed E-state index contributed by atoms with van der Waals surface area (Å²) < 4.78 is 5.22. The minimum Gasteiger partial charge on any atom is -0.438 e. The molecule has 11 heavy (non-hydrogen) atoms. The summed E-state index contributed by atoms with van der Waals surface area (Å²) in [4.78, 5) is 7.99. The number of pyridine rings is 1. The highest BCUT2D eigenvalue weighted by Gasteiger charge is 2.01. The quantitative estimate of drug-likeness (QED) is 0.647. The van der Waals surface area contributed by atoms with Crippen molar-refractivity contribution in [2.45, 2.75) is 6.54 Å². The molecule has 2 aromatic heterocycles. The zero-order valence-electron chi connectivity index (χ0n) is 5.82. The molecule has 0 atom stereocenters. The van der Waals surface area contributed by atoms with Gasteiger partial charge in [-0.25, -0.2) is 4.98 Å². The Morgan fingerprint density at radius 3 is 3.18 bits per heavy atom. The van der Waals surface area contributed by atoms with E-state index in [0.29, 0.717) is 18.0 Å². The number of rotatable bonds is 1. The van der Waals surface area contributed by atoms with Crippen LogP contribution in [0.25, 0.3) is 11.1 Å². The molecular weight excluding hydrogens is 142 g/mol. The first kappa shape index (κ1) is 6.30. The molecule has 2 aromatic rings. The zero-order valence-corrected chi connectivity index (χ0v) is 5.82. The number of nitrogens with zero attached hydrogens (tertiary/aromatic N) is 2. The third-order valence-electron chi connectivity index (χ3n) is 1.41. The van der Waals surface area contributed by atoms with E-state index in [-0.39, 0.29) is 0 Å². The van der Waals surface area contributed by atoms with Crippen LogP contribution in [-0.2, 0) is 6.54 Å². The third kappa shape index (κ3) is 0.969. The van der Waals surface area contributed by atoms with Crippen LogP contribution in [0.3, 0.4) is 0 Å². The van der Waals surface area contributed by atoms with Gasteiger partial charge < -0.3 is 10.2 Å². The summed E-state index contributed by atoms with van der Waals surface area (Å²) >= 11 is 0. The Labute approximate surface area is 63.1 Å². The lowest BCUT2D eigenvalue weighted by Gasteiger charge is -1.80. The number of hydrogen-bond donors (Lipinski definition) is 1. The Kier molecular flexibility index (Phi) is 1.33. The maximum absolute atomic E-state index is 5.34. The van der Waals surface area contributed by atoms with Gasteiger partial charge in [0.2, 0.25) is 5.89 Å². The van der Waals surface area contributed by atoms with Crippen molar-refractivity contribution in [3.63, 3.8) is 0 Å². The largest absolute Gasteiger partial charge is 0.438 e. The van der Waals surface area contributed by atoms with Gasteiger partial charge in [-0.3, -0.25) is 4.98 Å². The van der Waals surface area contributed by atoms with Gasteiger partial charge in [0, 0.05) is 6.20 Å². The Morgan fingerprint density at radius 1 is 1.55 bits per heavy atom. The zero-order chi connectivity index (χ0) is 7.68. The van der Waals surface area contributed by atoms with Crippen molar-refractivity contribution in [1.82, 2.24) is 9.97 Å². The number of oxazole rings is 1. The molecule has 0 amide bonds. The second-order valence-electron chi connectivity index (χ2n) is 2.16. The average Bonchev–Trinajstić information content (AvgIpc) is 2.46. The molecule has 0 unspecified atom stereocenters. The van der Waals surface area contributed by atoms with Crippen molar-refractivity contribution in [3.8, 4) is 0 Å². The van der Waals surface area contributed by atoms with E-state index in [1.165, 1.54) is 0 Å². The van der Waals surface area contributed by atoms with Crippen LogP contribution >= 0.6 is 0 Å². The molecule has 4 nitrogen and oxygen atoms in total. The molecule has 0 saturated carbocycles. The van der Waals surface area contributed by atoms with Crippen LogP contribution in [0, 0.1) is 0 Å². The lowest BCUT2D eigenvalue weighted by molar-refractivity contribution is 0.532. The summed E-state index contributed by atoms with van der Waals surface area (Å²) in [5, 5.41) is 0. The summed E-state index contributed by atoms with van der Waals surface area (Å²) in [7, 11) is 0. The Morgan fingerprint density at radius 2 is 2.45 bits per heavy atom. The molecule has 0 aliphatic heterocycles. The predicted octanol–water partition coefficient (Wildman–Crippen LogP) is 0.682. The standard InChI is InChI=1S/C7H7N3O/c8-3-7-10-5-1-2-9-4-6(5)11-7/h1-2,4H,3,8H2. The molecule has 0 fully saturated rings. The first-order valence-electron chi connectivity index (χ1n) is 3.29. The smallest absolute Gasteiger partial charge is 0.209 e. The first-order valence-corrected chi connectivity index (χ1v) is 3.29. The lowest BCUT2D eigenvalue weighted by atomic mass is 10.4. The van der Waals surface area contributed by atoms with E-state index in [2.05, 4.69) is 9.97 Å². The van der Waals surface area contributed by atoms with Gasteiger partial charge in [-0.15, -0.1) is 0 Å². The Balaban J connectivity index is 2.69. The summed E-state index contributed by atoms with van der Waals surface area (Å²) in [6.07, 6.45) is 3.30. The average molecular weight is 149 g/mol. The van der Waals surface area contributed by atoms with E-state index in [4.69, 9.17) is 10.2 Å². The monoisotopic (exact) mass is 149 g/mol. The first-order chi connectivity index (χ1) is 5.40. The summed E-state index contributed by atoms with van der Waals surface area (Å²) in [5.74, 6) is 0.549. The molecule has 0 aliphatic rings. The maximum Gasteiger partial charge on any atom is 0.209 e. The van der Waals surface area contributed by atoms with E-state index in [9.17, 15) is 0 Å². The van der Waals surface area contributed by atoms with Gasteiger partial charge in [-0.2, -0.15) is 0 Å². The fraction of sp³-hybridized carbons (Fsp3) is 0.143. The summed E-state index contributed by atoms with van der Waals surface area (Å²) in [6.45, 7) is 0.328. The Bertz CT molecular complexity index is 335. The van der Waals surface area contributed by atoms with Gasteiger partial charge in [0.1, 0.15) is 5.52 Å². The normalized spacial score (nSPS) is 10.6. The van der Waals surface area contributed by atoms with Crippen LogP contribution in [0.1, 0.15) is 5.89 Å². The lowest BCUT2D eigenvalue weighted by Crippen LogP contribution is -1.94. The van der Waals surface area contributed by atoms with Crippen LogP contribution in [-0.4, -0.2) is 9.97 Å². The van der Waals surface area contributed by atoms with E-state index in [0.717, 1.165) is 5.52 Å². The van der Waals surface area contributed by atoms with E-state index in [1.807, 2.05) is 0 Å². The molecule has 0 spiro atoms. The molecule has 0 saturated heterocycles. The minimum absolute atomic E-state index is 0.328. The van der Waals surface area contributed by atoms with Crippen molar-refractivity contribution >= 4 is 11.1 Å². The highest BCUT2D eigenvalue weighted by molar-refractivity contribution is 5.70. The molecule has 0 aromatic carbocycles. The molecule has 2 N–H and O–H groups in total. The molecule has 2 heterocycles. The van der Waals surface area contributed by atoms with Crippen molar-refractivity contribution < 1.29 is 4.42 Å². The van der Waals surface area contributed by atoms with Gasteiger partial charge in [0.05, 0.1) is 12.7 Å². The number of aromatic nitrogens is 2. The highest BCUT2D eigenvalue weighted by atomic mass is 16.3. The Hall–Kier alpha value is -1.42. The van der Waals surface area contributed by atoms with Crippen LogP contribution in [0.4, 0.5) is 0 Å². The van der Waals surface area contributed by atoms with Crippen LogP contribution < -0.4 is 5.73 Å². The van der Waals surface area contributed by atoms with Crippen LogP contribution in [0.5, 0.6) is 0 Å². The van der Waals surface area contributed by atoms with Gasteiger partial charge in [0.15, 0.2) is 5.58 Å². The van der Waals surface area contributed by atoms with Gasteiger partial charge in [-0.1, -0.05) is 0 Å². The molecule has 56 valence electrons.